The molecule has 1 saturated heterocycles. The molecule has 0 bridgehead atoms. The molecule has 0 radical (unpaired) electrons. The van der Waals surface area contributed by atoms with E-state index in [1.165, 1.54) is 5.56 Å². The van der Waals surface area contributed by atoms with Crippen LogP contribution in [0.3, 0.4) is 0 Å². The van der Waals surface area contributed by atoms with Crippen LogP contribution in [0.1, 0.15) is 38.2 Å². The monoisotopic (exact) mass is 342 g/mol. The van der Waals surface area contributed by atoms with E-state index >= 15 is 0 Å². The van der Waals surface area contributed by atoms with E-state index in [9.17, 15) is 0 Å². The average Bonchev–Trinajstić information content (AvgIpc) is 2.51. The quantitative estimate of drug-likeness (QED) is 0.578. The van der Waals surface area contributed by atoms with Gasteiger partial charge in [-0.1, -0.05) is 41.3 Å². The summed E-state index contributed by atoms with van der Waals surface area (Å²) in [6.45, 7) is 4.49. The number of likely N-dealkylation sites (tertiary alicyclic amines) is 1. The maximum atomic E-state index is 6.22. The van der Waals surface area contributed by atoms with Crippen LogP contribution in [-0.2, 0) is 4.84 Å². The summed E-state index contributed by atoms with van der Waals surface area (Å²) in [5, 5.41) is 5.25. The third kappa shape index (κ3) is 3.58. The molecule has 22 heavy (non-hydrogen) atoms. The van der Waals surface area contributed by atoms with Crippen molar-refractivity contribution in [3.63, 3.8) is 0 Å². The molecular weight excluding hydrogens is 319 g/mol. The number of hydrogen-bond acceptors (Lipinski definition) is 3. The summed E-state index contributed by atoms with van der Waals surface area (Å²) in [5.41, 5.74) is 1.22. The van der Waals surface area contributed by atoms with E-state index < -0.39 is 0 Å². The van der Waals surface area contributed by atoms with Gasteiger partial charge in [-0.2, -0.15) is 0 Å². The summed E-state index contributed by atoms with van der Waals surface area (Å²) in [5.74, 6) is 0.648. The Labute approximate surface area is 143 Å². The maximum absolute atomic E-state index is 6.22. The number of hydrogen-bond donors (Lipinski definition) is 0. The molecule has 0 aliphatic carbocycles. The molecule has 3 nitrogen and oxygen atoms in total. The van der Waals surface area contributed by atoms with Gasteiger partial charge in [-0.3, -0.25) is 0 Å². The first kappa shape index (κ1) is 17.6. The van der Waals surface area contributed by atoms with Gasteiger partial charge in [-0.05, 0) is 50.4 Å². The van der Waals surface area contributed by atoms with Crippen molar-refractivity contribution in [1.82, 2.24) is 4.90 Å². The fraction of sp³-hybridized carbons (Fsp3) is 0.588. The SMILES string of the molecule is CC[C@@H]1C[C@H](c2ccc(Cl)c(Cl)c2)C(/C=N/OC)C(C)N1C. The van der Waals surface area contributed by atoms with Crippen LogP contribution in [0, 0.1) is 5.92 Å². The molecule has 1 aromatic carbocycles. The van der Waals surface area contributed by atoms with Crippen LogP contribution >= 0.6 is 23.2 Å². The van der Waals surface area contributed by atoms with Gasteiger partial charge in [-0.15, -0.1) is 0 Å². The lowest BCUT2D eigenvalue weighted by Gasteiger charge is -2.46. The second-order valence-corrected chi connectivity index (χ2v) is 6.81. The van der Waals surface area contributed by atoms with E-state index in [4.69, 9.17) is 28.0 Å². The normalized spacial score (nSPS) is 29.9. The summed E-state index contributed by atoms with van der Waals surface area (Å²) in [7, 11) is 3.77. The summed E-state index contributed by atoms with van der Waals surface area (Å²) in [6, 6.07) is 6.90. The smallest absolute Gasteiger partial charge is 0.106 e. The van der Waals surface area contributed by atoms with E-state index in [1.54, 1.807) is 7.11 Å². The van der Waals surface area contributed by atoms with Gasteiger partial charge in [0.2, 0.25) is 0 Å². The lowest BCUT2D eigenvalue weighted by atomic mass is 9.74. The van der Waals surface area contributed by atoms with Crippen molar-refractivity contribution in [2.45, 2.75) is 44.7 Å². The molecule has 5 heteroatoms. The van der Waals surface area contributed by atoms with E-state index in [2.05, 4.69) is 37.0 Å². The minimum absolute atomic E-state index is 0.282. The number of piperidine rings is 1. The molecule has 0 spiro atoms. The molecule has 0 saturated carbocycles. The molecule has 4 atom stereocenters. The Hall–Kier alpha value is -0.770. The van der Waals surface area contributed by atoms with Gasteiger partial charge in [0.15, 0.2) is 0 Å². The van der Waals surface area contributed by atoms with E-state index in [-0.39, 0.29) is 5.92 Å². The molecule has 1 heterocycles. The highest BCUT2D eigenvalue weighted by molar-refractivity contribution is 6.42. The number of oxime groups is 1. The first-order valence-electron chi connectivity index (χ1n) is 7.73. The molecular formula is C17H24Cl2N2O. The molecule has 122 valence electrons. The first-order chi connectivity index (χ1) is 10.5. The van der Waals surface area contributed by atoms with Gasteiger partial charge in [-0.25, -0.2) is 0 Å². The molecule has 2 unspecified atom stereocenters. The van der Waals surface area contributed by atoms with Crippen molar-refractivity contribution < 1.29 is 4.84 Å². The molecule has 0 amide bonds. The zero-order chi connectivity index (χ0) is 16.3. The maximum Gasteiger partial charge on any atom is 0.106 e. The minimum Gasteiger partial charge on any atom is -0.399 e. The van der Waals surface area contributed by atoms with Gasteiger partial charge in [0.1, 0.15) is 7.11 Å². The average molecular weight is 343 g/mol. The summed E-state index contributed by atoms with van der Waals surface area (Å²) >= 11 is 12.3. The molecule has 1 aromatic rings. The molecule has 0 N–H and O–H groups in total. The van der Waals surface area contributed by atoms with Crippen LogP contribution in [0.2, 0.25) is 10.0 Å². The van der Waals surface area contributed by atoms with Crippen LogP contribution < -0.4 is 0 Å². The predicted molar refractivity (Wildman–Crippen MR) is 94.1 cm³/mol. The third-order valence-corrected chi connectivity index (χ3v) is 5.69. The van der Waals surface area contributed by atoms with Crippen molar-refractivity contribution >= 4 is 29.4 Å². The van der Waals surface area contributed by atoms with Crippen molar-refractivity contribution in [2.24, 2.45) is 11.1 Å². The first-order valence-corrected chi connectivity index (χ1v) is 8.48. The Kier molecular flexibility index (Phi) is 6.13. The van der Waals surface area contributed by atoms with Crippen molar-refractivity contribution in [3.05, 3.63) is 33.8 Å². The van der Waals surface area contributed by atoms with Crippen molar-refractivity contribution in [2.75, 3.05) is 14.2 Å². The Morgan fingerprint density at radius 3 is 2.68 bits per heavy atom. The van der Waals surface area contributed by atoms with Crippen LogP contribution in [0.25, 0.3) is 0 Å². The highest BCUT2D eigenvalue weighted by Gasteiger charge is 2.38. The third-order valence-electron chi connectivity index (χ3n) is 4.95. The zero-order valence-corrected chi connectivity index (χ0v) is 15.1. The van der Waals surface area contributed by atoms with Crippen LogP contribution in [0.15, 0.2) is 23.4 Å². The number of halogens is 2. The number of benzene rings is 1. The Morgan fingerprint density at radius 1 is 1.36 bits per heavy atom. The molecule has 2 rings (SSSR count). The fourth-order valence-electron chi connectivity index (χ4n) is 3.47. The summed E-state index contributed by atoms with van der Waals surface area (Å²) in [4.78, 5) is 7.36. The Bertz CT molecular complexity index is 535. The fourth-order valence-corrected chi connectivity index (χ4v) is 3.78. The number of nitrogens with zero attached hydrogens (tertiary/aromatic N) is 2. The lowest BCUT2D eigenvalue weighted by molar-refractivity contribution is 0.0826. The molecule has 0 aromatic heterocycles. The van der Waals surface area contributed by atoms with Crippen molar-refractivity contribution in [1.29, 1.82) is 0 Å². The van der Waals surface area contributed by atoms with Crippen molar-refractivity contribution in [3.8, 4) is 0 Å². The molecule has 1 fully saturated rings. The van der Waals surface area contributed by atoms with Crippen LogP contribution in [-0.4, -0.2) is 37.4 Å². The van der Waals surface area contributed by atoms with Gasteiger partial charge >= 0.3 is 0 Å². The van der Waals surface area contributed by atoms with Crippen LogP contribution in [0.5, 0.6) is 0 Å². The Morgan fingerprint density at radius 2 is 2.09 bits per heavy atom. The predicted octanol–water partition coefficient (Wildman–Crippen LogP) is 4.83. The second kappa shape index (κ2) is 7.67. The topological polar surface area (TPSA) is 24.8 Å². The van der Waals surface area contributed by atoms with Gasteiger partial charge in [0.25, 0.3) is 0 Å². The van der Waals surface area contributed by atoms with E-state index in [0.717, 1.165) is 12.8 Å². The molecule has 1 aliphatic rings. The lowest BCUT2D eigenvalue weighted by Crippen LogP contribution is -2.50. The second-order valence-electron chi connectivity index (χ2n) is 6.00. The highest BCUT2D eigenvalue weighted by atomic mass is 35.5. The van der Waals surface area contributed by atoms with E-state index in [1.807, 2.05) is 18.3 Å². The summed E-state index contributed by atoms with van der Waals surface area (Å²) < 4.78 is 0. The van der Waals surface area contributed by atoms with Gasteiger partial charge in [0, 0.05) is 24.2 Å². The minimum atomic E-state index is 0.282. The van der Waals surface area contributed by atoms with Gasteiger partial charge in [0.05, 0.1) is 10.0 Å². The standard InChI is InChI=1S/C17H24Cl2N2O/c1-5-13-9-14(12-6-7-16(18)17(19)8-12)15(10-20-22-4)11(2)21(13)3/h6-8,10-11,13-15H,5,9H2,1-4H3/b20-10+/t11?,13-,14-,15?/m1/s1. The Balaban J connectivity index is 2.37. The van der Waals surface area contributed by atoms with Crippen LogP contribution in [0.4, 0.5) is 0 Å². The van der Waals surface area contributed by atoms with E-state index in [0.29, 0.717) is 28.0 Å². The highest BCUT2D eigenvalue weighted by Crippen LogP contribution is 2.40. The van der Waals surface area contributed by atoms with Gasteiger partial charge < -0.3 is 9.74 Å². The number of rotatable bonds is 4. The summed E-state index contributed by atoms with van der Waals surface area (Å²) in [6.07, 6.45) is 4.14. The molecule has 1 aliphatic heterocycles. The largest absolute Gasteiger partial charge is 0.399 e. The zero-order valence-electron chi connectivity index (χ0n) is 13.6.